The normalized spacial score (nSPS) is 10.5. The van der Waals surface area contributed by atoms with E-state index in [0.29, 0.717) is 11.0 Å². The second-order valence-corrected chi connectivity index (χ2v) is 5.85. The number of carbonyl (C=O) groups is 2. The summed E-state index contributed by atoms with van der Waals surface area (Å²) in [5.74, 6) is -1.62. The number of aromatic carboxylic acids is 1. The number of hydrogen-bond donors (Lipinski definition) is 2. The van der Waals surface area contributed by atoms with Crippen LogP contribution in [0.1, 0.15) is 16.1 Å². The molecule has 0 radical (unpaired) electrons. The molecule has 0 aliphatic heterocycles. The van der Waals surface area contributed by atoms with Gasteiger partial charge in [-0.05, 0) is 23.8 Å². The molecule has 1 aromatic heterocycles. The van der Waals surface area contributed by atoms with Crippen molar-refractivity contribution in [3.8, 4) is 0 Å². The van der Waals surface area contributed by atoms with E-state index < -0.39 is 12.1 Å². The molecule has 122 valence electrons. The van der Waals surface area contributed by atoms with Gasteiger partial charge in [0.15, 0.2) is 0 Å². The lowest BCUT2D eigenvalue weighted by atomic mass is 10.2. The van der Waals surface area contributed by atoms with E-state index in [4.69, 9.17) is 9.15 Å². The molecule has 24 heavy (non-hydrogen) atoms. The fourth-order valence-corrected chi connectivity index (χ4v) is 2.55. The number of carbonyl (C=O) groups excluding carboxylic acids is 1. The van der Waals surface area contributed by atoms with Crippen LogP contribution in [-0.4, -0.2) is 17.2 Å². The summed E-state index contributed by atoms with van der Waals surface area (Å²) >= 11 is 3.29. The Labute approximate surface area is 145 Å². The fraction of sp³-hybridized carbons (Fsp3) is 0.0588. The first-order chi connectivity index (χ1) is 11.5. The summed E-state index contributed by atoms with van der Waals surface area (Å²) in [5, 5.41) is 12.2. The van der Waals surface area contributed by atoms with Crippen molar-refractivity contribution in [2.24, 2.45) is 0 Å². The Bertz CT molecular complexity index is 904. The third kappa shape index (κ3) is 3.41. The molecule has 2 aromatic carbocycles. The van der Waals surface area contributed by atoms with Crippen LogP contribution < -0.4 is 5.32 Å². The lowest BCUT2D eigenvalue weighted by molar-refractivity contribution is 0.0666. The summed E-state index contributed by atoms with van der Waals surface area (Å²) in [6.45, 7) is 0.0798. The van der Waals surface area contributed by atoms with Crippen molar-refractivity contribution in [2.75, 3.05) is 5.32 Å². The lowest BCUT2D eigenvalue weighted by Crippen LogP contribution is -2.15. The Morgan fingerprint density at radius 2 is 1.92 bits per heavy atom. The first-order valence-corrected chi connectivity index (χ1v) is 7.77. The molecule has 1 amide bonds. The summed E-state index contributed by atoms with van der Waals surface area (Å²) in [6, 6.07) is 14.2. The van der Waals surface area contributed by atoms with Gasteiger partial charge in [0.2, 0.25) is 5.76 Å². The number of furan rings is 1. The maximum absolute atomic E-state index is 12.0. The zero-order chi connectivity index (χ0) is 17.1. The number of anilines is 1. The van der Waals surface area contributed by atoms with Gasteiger partial charge in [-0.2, -0.15) is 0 Å². The second kappa shape index (κ2) is 6.76. The van der Waals surface area contributed by atoms with E-state index >= 15 is 0 Å². The Kier molecular flexibility index (Phi) is 4.52. The van der Waals surface area contributed by atoms with Gasteiger partial charge in [-0.3, -0.25) is 5.32 Å². The van der Waals surface area contributed by atoms with Gasteiger partial charge in [0.05, 0.1) is 0 Å². The van der Waals surface area contributed by atoms with Crippen molar-refractivity contribution in [3.63, 3.8) is 0 Å². The van der Waals surface area contributed by atoms with Crippen molar-refractivity contribution in [3.05, 3.63) is 64.3 Å². The van der Waals surface area contributed by atoms with Gasteiger partial charge >= 0.3 is 12.1 Å². The summed E-state index contributed by atoms with van der Waals surface area (Å²) < 4.78 is 11.2. The molecule has 3 rings (SSSR count). The van der Waals surface area contributed by atoms with Crippen LogP contribution in [0.2, 0.25) is 0 Å². The number of ether oxygens (including phenoxy) is 1. The molecule has 0 aliphatic rings. The van der Waals surface area contributed by atoms with Gasteiger partial charge in [0.1, 0.15) is 17.9 Å². The first-order valence-electron chi connectivity index (χ1n) is 6.97. The first kappa shape index (κ1) is 16.1. The van der Waals surface area contributed by atoms with Crippen LogP contribution in [0.25, 0.3) is 11.0 Å². The minimum Gasteiger partial charge on any atom is -0.475 e. The van der Waals surface area contributed by atoms with Crippen molar-refractivity contribution < 1.29 is 23.8 Å². The Morgan fingerprint density at radius 3 is 2.62 bits per heavy atom. The highest BCUT2D eigenvalue weighted by Crippen LogP contribution is 2.33. The average Bonchev–Trinajstić information content (AvgIpc) is 2.92. The van der Waals surface area contributed by atoms with Crippen LogP contribution in [0.3, 0.4) is 0 Å². The minimum atomic E-state index is -1.28. The topological polar surface area (TPSA) is 88.8 Å². The zero-order valence-electron chi connectivity index (χ0n) is 12.3. The molecule has 0 aliphatic carbocycles. The third-order valence-electron chi connectivity index (χ3n) is 3.29. The number of nitrogens with one attached hydrogen (secondary N) is 1. The molecular formula is C17H12BrNO5. The number of rotatable bonds is 4. The number of benzene rings is 2. The number of hydrogen-bond acceptors (Lipinski definition) is 4. The minimum absolute atomic E-state index is 0.0723. The van der Waals surface area contributed by atoms with E-state index in [1.165, 1.54) is 0 Å². The molecule has 0 saturated heterocycles. The standard InChI is InChI=1S/C17H12BrNO5/c18-11-6-7-12-13(8-11)24-15(16(20)21)14(12)19-17(22)23-9-10-4-2-1-3-5-10/h1-8H,9H2,(H,19,22)(H,20,21). The molecule has 2 N–H and O–H groups in total. The second-order valence-electron chi connectivity index (χ2n) is 4.94. The van der Waals surface area contributed by atoms with E-state index in [-0.39, 0.29) is 18.1 Å². The van der Waals surface area contributed by atoms with E-state index in [0.717, 1.165) is 10.0 Å². The lowest BCUT2D eigenvalue weighted by Gasteiger charge is -2.06. The van der Waals surface area contributed by atoms with Crippen LogP contribution in [0.15, 0.2) is 57.4 Å². The van der Waals surface area contributed by atoms with Gasteiger partial charge in [0.25, 0.3) is 0 Å². The van der Waals surface area contributed by atoms with Crippen molar-refractivity contribution in [2.45, 2.75) is 6.61 Å². The summed E-state index contributed by atoms with van der Waals surface area (Å²) in [6.07, 6.45) is -0.757. The van der Waals surface area contributed by atoms with Crippen LogP contribution >= 0.6 is 15.9 Å². The molecule has 0 bridgehead atoms. The highest BCUT2D eigenvalue weighted by molar-refractivity contribution is 9.10. The molecule has 1 heterocycles. The fourth-order valence-electron chi connectivity index (χ4n) is 2.21. The molecule has 3 aromatic rings. The highest BCUT2D eigenvalue weighted by Gasteiger charge is 2.22. The van der Waals surface area contributed by atoms with E-state index in [9.17, 15) is 14.7 Å². The summed E-state index contributed by atoms with van der Waals surface area (Å²) in [7, 11) is 0. The van der Waals surface area contributed by atoms with E-state index in [1.807, 2.05) is 30.3 Å². The largest absolute Gasteiger partial charge is 0.475 e. The molecule has 0 spiro atoms. The van der Waals surface area contributed by atoms with Crippen LogP contribution in [0, 0.1) is 0 Å². The SMILES string of the molecule is O=C(Nc1c(C(=O)O)oc2cc(Br)ccc12)OCc1ccccc1. The number of carboxylic acids is 1. The molecule has 0 unspecified atom stereocenters. The molecular weight excluding hydrogens is 378 g/mol. The van der Waals surface area contributed by atoms with Gasteiger partial charge < -0.3 is 14.3 Å². The molecule has 7 heteroatoms. The maximum atomic E-state index is 12.0. The van der Waals surface area contributed by atoms with Gasteiger partial charge in [-0.1, -0.05) is 46.3 Å². The van der Waals surface area contributed by atoms with Crippen molar-refractivity contribution in [1.29, 1.82) is 0 Å². The Morgan fingerprint density at radius 1 is 1.17 bits per heavy atom. The van der Waals surface area contributed by atoms with Gasteiger partial charge in [-0.15, -0.1) is 0 Å². The zero-order valence-corrected chi connectivity index (χ0v) is 13.9. The predicted octanol–water partition coefficient (Wildman–Crippen LogP) is 4.64. The van der Waals surface area contributed by atoms with Gasteiger partial charge in [-0.25, -0.2) is 9.59 Å². The van der Waals surface area contributed by atoms with Crippen LogP contribution in [0.4, 0.5) is 10.5 Å². The predicted molar refractivity (Wildman–Crippen MR) is 91.1 cm³/mol. The van der Waals surface area contributed by atoms with Crippen LogP contribution in [-0.2, 0) is 11.3 Å². The molecule has 0 atom stereocenters. The summed E-state index contributed by atoms with van der Waals surface area (Å²) in [5.41, 5.74) is 1.25. The van der Waals surface area contributed by atoms with Crippen molar-refractivity contribution >= 4 is 44.6 Å². The number of halogens is 1. The van der Waals surface area contributed by atoms with E-state index in [2.05, 4.69) is 21.2 Å². The number of fused-ring (bicyclic) bond motifs is 1. The molecule has 0 saturated carbocycles. The molecule has 6 nitrogen and oxygen atoms in total. The number of carboxylic acid groups (broad SMARTS) is 1. The summed E-state index contributed by atoms with van der Waals surface area (Å²) in [4.78, 5) is 23.3. The smallest absolute Gasteiger partial charge is 0.412 e. The Balaban J connectivity index is 1.82. The van der Waals surface area contributed by atoms with E-state index in [1.54, 1.807) is 18.2 Å². The van der Waals surface area contributed by atoms with Crippen LogP contribution in [0.5, 0.6) is 0 Å². The van der Waals surface area contributed by atoms with Gasteiger partial charge in [0, 0.05) is 9.86 Å². The van der Waals surface area contributed by atoms with Crippen molar-refractivity contribution in [1.82, 2.24) is 0 Å². The quantitative estimate of drug-likeness (QED) is 0.678. The average molecular weight is 390 g/mol. The Hall–Kier alpha value is -2.80. The third-order valence-corrected chi connectivity index (χ3v) is 3.78. The highest BCUT2D eigenvalue weighted by atomic mass is 79.9. The monoisotopic (exact) mass is 389 g/mol. The number of amides is 1. The molecule has 0 fully saturated rings. The maximum Gasteiger partial charge on any atom is 0.412 e.